The van der Waals surface area contributed by atoms with Crippen LogP contribution >= 0.6 is 0 Å². The third-order valence-corrected chi connectivity index (χ3v) is 1.94. The molecule has 0 rings (SSSR count). The highest BCUT2D eigenvalue weighted by molar-refractivity contribution is 4.57. The molecule has 0 aromatic rings. The second-order valence-corrected chi connectivity index (χ2v) is 3.18. The van der Waals surface area contributed by atoms with E-state index in [9.17, 15) is 8.78 Å². The summed E-state index contributed by atoms with van der Waals surface area (Å²) < 4.78 is 24.2. The van der Waals surface area contributed by atoms with Gasteiger partial charge in [0.15, 0.2) is 12.5 Å². The van der Waals surface area contributed by atoms with Gasteiger partial charge < -0.3 is 10.2 Å². The molecule has 0 aromatic heterocycles. The molecule has 2 N–H and O–H groups in total. The molecule has 0 heterocycles. The smallest absolute Gasteiger partial charge is 0.183 e. The normalized spacial score (nSPS) is 13.6. The molecule has 1 unspecified atom stereocenters. The van der Waals surface area contributed by atoms with E-state index in [1.165, 1.54) is 0 Å². The number of aliphatic hydroxyl groups excluding tert-OH is 1. The average Bonchev–Trinajstić information content (AvgIpc) is 2.10. The first-order valence-electron chi connectivity index (χ1n) is 4.74. The standard InChI is InChI=1S/C9H18F2O2/c10-7-5-3-1-2-4-6-8(11)9(12)13/h8-9,12-13H,1-7H2. The summed E-state index contributed by atoms with van der Waals surface area (Å²) >= 11 is 0. The fraction of sp³-hybridized carbons (Fsp3) is 1.00. The van der Waals surface area contributed by atoms with Crippen molar-refractivity contribution in [1.29, 1.82) is 0 Å². The lowest BCUT2D eigenvalue weighted by Crippen LogP contribution is -2.20. The maximum absolute atomic E-state index is 12.5. The Hall–Kier alpha value is -0.220. The van der Waals surface area contributed by atoms with Crippen LogP contribution in [0.2, 0.25) is 0 Å². The monoisotopic (exact) mass is 196 g/mol. The predicted octanol–water partition coefficient (Wildman–Crippen LogP) is 1.95. The number of aliphatic hydroxyl groups is 2. The van der Waals surface area contributed by atoms with Crippen molar-refractivity contribution < 1.29 is 19.0 Å². The first kappa shape index (κ1) is 12.8. The van der Waals surface area contributed by atoms with Gasteiger partial charge in [-0.2, -0.15) is 0 Å². The number of hydrogen-bond donors (Lipinski definition) is 2. The van der Waals surface area contributed by atoms with E-state index >= 15 is 0 Å². The van der Waals surface area contributed by atoms with Crippen molar-refractivity contribution >= 4 is 0 Å². The van der Waals surface area contributed by atoms with Gasteiger partial charge in [0, 0.05) is 0 Å². The van der Waals surface area contributed by atoms with Crippen molar-refractivity contribution in [3.05, 3.63) is 0 Å². The Kier molecular flexibility index (Phi) is 8.24. The molecule has 1 atom stereocenters. The number of rotatable bonds is 8. The third-order valence-electron chi connectivity index (χ3n) is 1.94. The summed E-state index contributed by atoms with van der Waals surface area (Å²) in [6.07, 6.45) is 0.521. The average molecular weight is 196 g/mol. The fourth-order valence-electron chi connectivity index (χ4n) is 1.11. The molecule has 4 heteroatoms. The molecule has 0 fully saturated rings. The Morgan fingerprint density at radius 2 is 1.46 bits per heavy atom. The van der Waals surface area contributed by atoms with Gasteiger partial charge in [0.2, 0.25) is 0 Å². The van der Waals surface area contributed by atoms with Gasteiger partial charge in [-0.1, -0.05) is 25.7 Å². The van der Waals surface area contributed by atoms with E-state index in [2.05, 4.69) is 0 Å². The van der Waals surface area contributed by atoms with Crippen LogP contribution in [0.1, 0.15) is 38.5 Å². The molecule has 80 valence electrons. The zero-order valence-electron chi connectivity index (χ0n) is 7.75. The summed E-state index contributed by atoms with van der Waals surface area (Å²) in [5, 5.41) is 16.8. The zero-order chi connectivity index (χ0) is 10.1. The summed E-state index contributed by atoms with van der Waals surface area (Å²) in [4.78, 5) is 0. The van der Waals surface area contributed by atoms with Gasteiger partial charge in [0.25, 0.3) is 0 Å². The number of unbranched alkanes of at least 4 members (excludes halogenated alkanes) is 4. The van der Waals surface area contributed by atoms with E-state index in [0.717, 1.165) is 19.3 Å². The van der Waals surface area contributed by atoms with E-state index in [1.807, 2.05) is 0 Å². The van der Waals surface area contributed by atoms with E-state index in [1.54, 1.807) is 0 Å². The van der Waals surface area contributed by atoms with Gasteiger partial charge in [0.1, 0.15) is 0 Å². The Morgan fingerprint density at radius 1 is 0.923 bits per heavy atom. The topological polar surface area (TPSA) is 40.5 Å². The van der Waals surface area contributed by atoms with Crippen molar-refractivity contribution in [1.82, 2.24) is 0 Å². The maximum Gasteiger partial charge on any atom is 0.183 e. The van der Waals surface area contributed by atoms with Crippen LogP contribution < -0.4 is 0 Å². The lowest BCUT2D eigenvalue weighted by Gasteiger charge is -2.09. The van der Waals surface area contributed by atoms with Crippen molar-refractivity contribution in [3.8, 4) is 0 Å². The molecule has 0 aliphatic heterocycles. The Bertz CT molecular complexity index is 110. The highest BCUT2D eigenvalue weighted by Crippen LogP contribution is 2.11. The first-order chi connectivity index (χ1) is 6.18. The van der Waals surface area contributed by atoms with Gasteiger partial charge in [-0.25, -0.2) is 4.39 Å². The molecule has 0 saturated heterocycles. The minimum absolute atomic E-state index is 0.174. The summed E-state index contributed by atoms with van der Waals surface area (Å²) in [5.74, 6) is 0. The van der Waals surface area contributed by atoms with Gasteiger partial charge >= 0.3 is 0 Å². The van der Waals surface area contributed by atoms with Crippen molar-refractivity contribution in [2.75, 3.05) is 6.67 Å². The Balaban J connectivity index is 3.07. The minimum Gasteiger partial charge on any atom is -0.366 e. The molecule has 0 saturated carbocycles. The van der Waals surface area contributed by atoms with Crippen molar-refractivity contribution in [3.63, 3.8) is 0 Å². The molecule has 2 nitrogen and oxygen atoms in total. The molecule has 0 aromatic carbocycles. The molecule has 0 aliphatic carbocycles. The van der Waals surface area contributed by atoms with Crippen LogP contribution in [0.25, 0.3) is 0 Å². The SMILES string of the molecule is OC(O)C(F)CCCCCCCF. The Labute approximate surface area is 77.6 Å². The van der Waals surface area contributed by atoms with E-state index in [-0.39, 0.29) is 13.1 Å². The molecule has 0 radical (unpaired) electrons. The summed E-state index contributed by atoms with van der Waals surface area (Å²) in [5.41, 5.74) is 0. The van der Waals surface area contributed by atoms with Crippen LogP contribution in [0.3, 0.4) is 0 Å². The molecule has 0 bridgehead atoms. The van der Waals surface area contributed by atoms with Crippen LogP contribution in [0.4, 0.5) is 8.78 Å². The van der Waals surface area contributed by atoms with Gasteiger partial charge in [-0.15, -0.1) is 0 Å². The van der Waals surface area contributed by atoms with Gasteiger partial charge in [0.05, 0.1) is 6.67 Å². The number of hydrogen-bond acceptors (Lipinski definition) is 2. The predicted molar refractivity (Wildman–Crippen MR) is 46.8 cm³/mol. The molecule has 0 aliphatic rings. The largest absolute Gasteiger partial charge is 0.366 e. The second-order valence-electron chi connectivity index (χ2n) is 3.18. The molecule has 0 amide bonds. The van der Waals surface area contributed by atoms with Crippen LogP contribution in [0, 0.1) is 0 Å². The first-order valence-corrected chi connectivity index (χ1v) is 4.74. The number of alkyl halides is 2. The van der Waals surface area contributed by atoms with Crippen molar-refractivity contribution in [2.45, 2.75) is 51.0 Å². The molecular formula is C9H18F2O2. The Morgan fingerprint density at radius 3 is 2.00 bits per heavy atom. The summed E-state index contributed by atoms with van der Waals surface area (Å²) in [6, 6.07) is 0. The highest BCUT2D eigenvalue weighted by atomic mass is 19.1. The summed E-state index contributed by atoms with van der Waals surface area (Å²) in [7, 11) is 0. The van der Waals surface area contributed by atoms with Gasteiger partial charge in [-0.3, -0.25) is 4.39 Å². The quantitative estimate of drug-likeness (QED) is 0.460. The van der Waals surface area contributed by atoms with Crippen LogP contribution in [-0.4, -0.2) is 29.3 Å². The lowest BCUT2D eigenvalue weighted by molar-refractivity contribution is -0.0956. The fourth-order valence-corrected chi connectivity index (χ4v) is 1.11. The lowest BCUT2D eigenvalue weighted by atomic mass is 10.1. The van der Waals surface area contributed by atoms with Crippen molar-refractivity contribution in [2.24, 2.45) is 0 Å². The molecule has 0 spiro atoms. The third kappa shape index (κ3) is 8.12. The van der Waals surface area contributed by atoms with E-state index in [4.69, 9.17) is 10.2 Å². The van der Waals surface area contributed by atoms with Crippen LogP contribution in [0.5, 0.6) is 0 Å². The van der Waals surface area contributed by atoms with E-state index < -0.39 is 12.5 Å². The zero-order valence-corrected chi connectivity index (χ0v) is 7.75. The van der Waals surface area contributed by atoms with E-state index in [0.29, 0.717) is 12.8 Å². The molecule has 13 heavy (non-hydrogen) atoms. The maximum atomic E-state index is 12.5. The summed E-state index contributed by atoms with van der Waals surface area (Å²) in [6.45, 7) is -0.291. The number of halogens is 2. The van der Waals surface area contributed by atoms with Crippen LogP contribution in [-0.2, 0) is 0 Å². The minimum atomic E-state index is -1.86. The van der Waals surface area contributed by atoms with Crippen LogP contribution in [0.15, 0.2) is 0 Å². The highest BCUT2D eigenvalue weighted by Gasteiger charge is 2.13. The van der Waals surface area contributed by atoms with Gasteiger partial charge in [-0.05, 0) is 12.8 Å². The second kappa shape index (κ2) is 8.38. The molecular weight excluding hydrogens is 178 g/mol.